The van der Waals surface area contributed by atoms with Gasteiger partial charge in [0.15, 0.2) is 0 Å². The zero-order chi connectivity index (χ0) is 29.8. The van der Waals surface area contributed by atoms with Crippen molar-refractivity contribution in [3.8, 4) is 0 Å². The summed E-state index contributed by atoms with van der Waals surface area (Å²) in [7, 11) is 0. The van der Waals surface area contributed by atoms with Crippen LogP contribution in [-0.4, -0.2) is 0 Å². The summed E-state index contributed by atoms with van der Waals surface area (Å²) in [6.07, 6.45) is 40.1. The quantitative estimate of drug-likeness (QED) is 0.193. The fourth-order valence-corrected chi connectivity index (χ4v) is 5.42. The maximum Gasteiger partial charge on any atom is 0.00749 e. The van der Waals surface area contributed by atoms with E-state index in [2.05, 4.69) is 166 Å². The summed E-state index contributed by atoms with van der Waals surface area (Å²) in [5, 5.41) is 0. The Morgan fingerprint density at radius 2 is 1.10 bits per heavy atom. The van der Waals surface area contributed by atoms with Gasteiger partial charge in [-0.2, -0.15) is 0 Å². The van der Waals surface area contributed by atoms with Crippen molar-refractivity contribution in [2.45, 2.75) is 94.9 Å². The molecule has 2 rings (SSSR count). The maximum atomic E-state index is 2.37. The average molecular weight is 535 g/mol. The summed E-state index contributed by atoms with van der Waals surface area (Å²) in [4.78, 5) is 0. The SMILES string of the molecule is CC1=C(/C=C/C(C)=C/C=C/C(C)=C\C=C/C=C(C)/C=C/C=C(C)/C=C/C2=C(C)CCCC2(C)C)C(C)(C)C=CC1. The first-order valence-electron chi connectivity index (χ1n) is 15.0. The van der Waals surface area contributed by atoms with Gasteiger partial charge in [-0.3, -0.25) is 0 Å². The molecule has 0 aromatic carbocycles. The lowest BCUT2D eigenvalue weighted by molar-refractivity contribution is 0.377. The monoisotopic (exact) mass is 534 g/mol. The van der Waals surface area contributed by atoms with Crippen LogP contribution in [0.4, 0.5) is 0 Å². The van der Waals surface area contributed by atoms with E-state index in [1.54, 1.807) is 5.57 Å². The summed E-state index contributed by atoms with van der Waals surface area (Å²) < 4.78 is 0. The minimum absolute atomic E-state index is 0.111. The van der Waals surface area contributed by atoms with Gasteiger partial charge in [0.25, 0.3) is 0 Å². The number of allylic oxidation sites excluding steroid dienone is 24. The maximum absolute atomic E-state index is 2.37. The second kappa shape index (κ2) is 15.6. The van der Waals surface area contributed by atoms with Gasteiger partial charge >= 0.3 is 0 Å². The molecule has 0 aromatic rings. The fourth-order valence-electron chi connectivity index (χ4n) is 5.42. The van der Waals surface area contributed by atoms with Crippen LogP contribution in [-0.2, 0) is 0 Å². The molecule has 0 amide bonds. The van der Waals surface area contributed by atoms with E-state index in [1.807, 2.05) is 0 Å². The Morgan fingerprint density at radius 1 is 0.625 bits per heavy atom. The lowest BCUT2D eigenvalue weighted by Crippen LogP contribution is -2.19. The summed E-state index contributed by atoms with van der Waals surface area (Å²) >= 11 is 0. The van der Waals surface area contributed by atoms with Crippen LogP contribution in [0, 0.1) is 10.8 Å². The molecule has 0 spiro atoms. The van der Waals surface area contributed by atoms with Crippen LogP contribution in [0.25, 0.3) is 0 Å². The standard InChI is InChI=1S/C40H54/c1-31(19-13-21-33(3)25-27-37-35(5)23-15-29-39(37,7)8)17-11-12-18-32(2)20-14-22-34(4)26-28-38-36(6)24-16-30-40(38,9)10/h11-15,17-22,25-29H,16,23-24,30H2,1-10H3/b12-11-,19-13+,20-14+,27-25+,28-26+,31-17-,32-18+,33-21+,34-22+. The first-order valence-corrected chi connectivity index (χ1v) is 15.0. The zero-order valence-electron chi connectivity index (χ0n) is 27.1. The van der Waals surface area contributed by atoms with Crippen LogP contribution in [0.1, 0.15) is 94.9 Å². The molecule has 0 aromatic heterocycles. The Kier molecular flexibility index (Phi) is 12.9. The fraction of sp³-hybridized carbons (Fsp3) is 0.400. The third kappa shape index (κ3) is 11.2. The normalized spacial score (nSPS) is 21.6. The number of hydrogen-bond acceptors (Lipinski definition) is 0. The summed E-state index contributed by atoms with van der Waals surface area (Å²) in [6, 6.07) is 0. The van der Waals surface area contributed by atoms with Crippen molar-refractivity contribution < 1.29 is 0 Å². The molecule has 0 atom stereocenters. The van der Waals surface area contributed by atoms with Crippen LogP contribution in [0.5, 0.6) is 0 Å². The van der Waals surface area contributed by atoms with Gasteiger partial charge in [0.1, 0.15) is 0 Å². The molecule has 0 radical (unpaired) electrons. The molecule has 40 heavy (non-hydrogen) atoms. The largest absolute Gasteiger partial charge is 0.0836 e. The lowest BCUT2D eigenvalue weighted by atomic mass is 9.72. The molecule has 214 valence electrons. The van der Waals surface area contributed by atoms with E-state index in [-0.39, 0.29) is 10.8 Å². The van der Waals surface area contributed by atoms with E-state index >= 15 is 0 Å². The van der Waals surface area contributed by atoms with E-state index in [0.717, 1.165) is 6.42 Å². The molecule has 0 unspecified atom stereocenters. The molecule has 0 fully saturated rings. The van der Waals surface area contributed by atoms with Crippen LogP contribution >= 0.6 is 0 Å². The predicted molar refractivity (Wildman–Crippen MR) is 181 cm³/mol. The molecule has 0 heteroatoms. The van der Waals surface area contributed by atoms with Crippen molar-refractivity contribution in [3.05, 3.63) is 142 Å². The Balaban J connectivity index is 1.89. The molecular formula is C40H54. The Labute approximate surface area is 247 Å². The molecule has 2 aliphatic rings. The predicted octanol–water partition coefficient (Wildman–Crippen LogP) is 12.4. The first-order chi connectivity index (χ1) is 18.8. The van der Waals surface area contributed by atoms with Crippen molar-refractivity contribution in [1.29, 1.82) is 0 Å². The molecule has 0 nitrogen and oxygen atoms in total. The van der Waals surface area contributed by atoms with Gasteiger partial charge in [0.05, 0.1) is 0 Å². The second-order valence-electron chi connectivity index (χ2n) is 12.9. The van der Waals surface area contributed by atoms with Crippen molar-refractivity contribution in [3.63, 3.8) is 0 Å². The summed E-state index contributed by atoms with van der Waals surface area (Å²) in [6.45, 7) is 22.5. The zero-order valence-corrected chi connectivity index (χ0v) is 27.1. The van der Waals surface area contributed by atoms with E-state index in [9.17, 15) is 0 Å². The van der Waals surface area contributed by atoms with E-state index in [1.165, 1.54) is 58.3 Å². The molecule has 2 aliphatic carbocycles. The molecular weight excluding hydrogens is 480 g/mol. The molecule has 0 N–H and O–H groups in total. The van der Waals surface area contributed by atoms with Crippen LogP contribution in [0.15, 0.2) is 142 Å². The summed E-state index contributed by atoms with van der Waals surface area (Å²) in [5.74, 6) is 0. The van der Waals surface area contributed by atoms with Crippen molar-refractivity contribution in [2.24, 2.45) is 10.8 Å². The van der Waals surface area contributed by atoms with Crippen LogP contribution < -0.4 is 0 Å². The van der Waals surface area contributed by atoms with E-state index in [0.29, 0.717) is 0 Å². The van der Waals surface area contributed by atoms with Crippen molar-refractivity contribution in [2.75, 3.05) is 0 Å². The Bertz CT molecular complexity index is 1190. The van der Waals surface area contributed by atoms with Gasteiger partial charge in [0.2, 0.25) is 0 Å². The van der Waals surface area contributed by atoms with Crippen LogP contribution in [0.2, 0.25) is 0 Å². The third-order valence-electron chi connectivity index (χ3n) is 7.95. The lowest BCUT2D eigenvalue weighted by Gasteiger charge is -2.32. The highest BCUT2D eigenvalue weighted by Gasteiger charge is 2.26. The molecule has 0 aliphatic heterocycles. The molecule has 0 saturated carbocycles. The van der Waals surface area contributed by atoms with Gasteiger partial charge in [-0.25, -0.2) is 0 Å². The minimum atomic E-state index is 0.111. The summed E-state index contributed by atoms with van der Waals surface area (Å²) in [5.41, 5.74) is 11.3. The van der Waals surface area contributed by atoms with Crippen LogP contribution in [0.3, 0.4) is 0 Å². The molecule has 0 saturated heterocycles. The molecule has 0 heterocycles. The van der Waals surface area contributed by atoms with E-state index in [4.69, 9.17) is 0 Å². The highest BCUT2D eigenvalue weighted by atomic mass is 14.3. The topological polar surface area (TPSA) is 0 Å². The Hall–Kier alpha value is -3.12. The van der Waals surface area contributed by atoms with Crippen molar-refractivity contribution >= 4 is 0 Å². The van der Waals surface area contributed by atoms with Gasteiger partial charge in [-0.1, -0.05) is 158 Å². The van der Waals surface area contributed by atoms with Gasteiger partial charge in [-0.15, -0.1) is 0 Å². The van der Waals surface area contributed by atoms with Gasteiger partial charge < -0.3 is 0 Å². The van der Waals surface area contributed by atoms with E-state index < -0.39 is 0 Å². The Morgan fingerprint density at radius 3 is 1.60 bits per heavy atom. The highest BCUT2D eigenvalue weighted by Crippen LogP contribution is 2.41. The molecule has 0 bridgehead atoms. The number of hydrogen-bond donors (Lipinski definition) is 0. The second-order valence-corrected chi connectivity index (χ2v) is 12.9. The number of rotatable bonds is 10. The third-order valence-corrected chi connectivity index (χ3v) is 7.95. The first kappa shape index (κ1) is 33.1. The minimum Gasteiger partial charge on any atom is -0.0836 e. The highest BCUT2D eigenvalue weighted by molar-refractivity contribution is 5.41. The van der Waals surface area contributed by atoms with Crippen molar-refractivity contribution in [1.82, 2.24) is 0 Å². The van der Waals surface area contributed by atoms with Gasteiger partial charge in [-0.05, 0) is 83.8 Å². The smallest absolute Gasteiger partial charge is 0.00749 e. The average Bonchev–Trinajstić information content (AvgIpc) is 2.85. The van der Waals surface area contributed by atoms with Gasteiger partial charge in [0, 0.05) is 5.41 Å².